The van der Waals surface area contributed by atoms with E-state index in [-0.39, 0.29) is 11.9 Å². The van der Waals surface area contributed by atoms with Gasteiger partial charge in [0, 0.05) is 6.54 Å². The molecule has 1 aliphatic heterocycles. The molecule has 0 saturated carbocycles. The number of hydrogen-bond acceptors (Lipinski definition) is 2. The van der Waals surface area contributed by atoms with E-state index in [1.54, 1.807) is 11.3 Å². The molecule has 1 amide bonds. The fourth-order valence-electron chi connectivity index (χ4n) is 3.96. The second kappa shape index (κ2) is 7.08. The van der Waals surface area contributed by atoms with Gasteiger partial charge in [-0.2, -0.15) is 0 Å². The maximum absolute atomic E-state index is 13.2. The molecule has 1 aromatic heterocycles. The van der Waals surface area contributed by atoms with Gasteiger partial charge >= 0.3 is 0 Å². The zero-order chi connectivity index (χ0) is 18.1. The Morgan fingerprint density at radius 2 is 1.69 bits per heavy atom. The molecule has 2 nitrogen and oxygen atoms in total. The second-order valence-electron chi connectivity index (χ2n) is 6.99. The molecule has 1 fully saturated rings. The third kappa shape index (κ3) is 2.97. The zero-order valence-corrected chi connectivity index (χ0v) is 16.1. The van der Waals surface area contributed by atoms with Crippen molar-refractivity contribution in [3.05, 3.63) is 81.5 Å². The summed E-state index contributed by atoms with van der Waals surface area (Å²) in [4.78, 5) is 16.1. The summed E-state index contributed by atoms with van der Waals surface area (Å²) in [6.07, 6.45) is 2.09. The summed E-state index contributed by atoms with van der Waals surface area (Å²) >= 11 is 1.55. The number of amides is 1. The van der Waals surface area contributed by atoms with Crippen molar-refractivity contribution in [3.8, 4) is 11.1 Å². The number of benzene rings is 2. The molecule has 0 radical (unpaired) electrons. The molecule has 1 aliphatic rings. The number of thiophene rings is 1. The van der Waals surface area contributed by atoms with Gasteiger partial charge in [-0.1, -0.05) is 48.5 Å². The fraction of sp³-hybridized carbons (Fsp3) is 0.261. The summed E-state index contributed by atoms with van der Waals surface area (Å²) in [5, 5.41) is 2.01. The molecule has 3 aromatic rings. The Labute approximate surface area is 159 Å². The van der Waals surface area contributed by atoms with Gasteiger partial charge in [-0.25, -0.2) is 0 Å². The van der Waals surface area contributed by atoms with Gasteiger partial charge in [0.1, 0.15) is 0 Å². The molecule has 2 aromatic carbocycles. The van der Waals surface area contributed by atoms with Crippen LogP contribution < -0.4 is 0 Å². The Morgan fingerprint density at radius 1 is 0.962 bits per heavy atom. The highest BCUT2D eigenvalue weighted by Gasteiger charge is 2.33. The Hall–Kier alpha value is -2.39. The normalized spacial score (nSPS) is 16.8. The molecule has 0 bridgehead atoms. The SMILES string of the molecule is Cc1ccccc1-c1ccccc1[C@@H]1CCCN1C(=O)c1sccc1C. The van der Waals surface area contributed by atoms with Crippen molar-refractivity contribution in [3.63, 3.8) is 0 Å². The molecular formula is C23H23NOS. The van der Waals surface area contributed by atoms with Gasteiger partial charge in [0.25, 0.3) is 5.91 Å². The summed E-state index contributed by atoms with van der Waals surface area (Å²) in [6.45, 7) is 5.01. The van der Waals surface area contributed by atoms with Crippen LogP contribution in [0.5, 0.6) is 0 Å². The average molecular weight is 362 g/mol. The van der Waals surface area contributed by atoms with Crippen LogP contribution in [0.4, 0.5) is 0 Å². The van der Waals surface area contributed by atoms with Gasteiger partial charge in [-0.05, 0) is 66.0 Å². The molecule has 3 heteroatoms. The van der Waals surface area contributed by atoms with Crippen LogP contribution in [0.2, 0.25) is 0 Å². The van der Waals surface area contributed by atoms with Crippen LogP contribution in [0.15, 0.2) is 60.0 Å². The number of carbonyl (C=O) groups is 1. The van der Waals surface area contributed by atoms with Crippen molar-refractivity contribution in [2.45, 2.75) is 32.7 Å². The first kappa shape index (κ1) is 17.0. The lowest BCUT2D eigenvalue weighted by Crippen LogP contribution is -2.30. The van der Waals surface area contributed by atoms with E-state index >= 15 is 0 Å². The molecule has 0 N–H and O–H groups in total. The molecule has 0 unspecified atom stereocenters. The maximum Gasteiger partial charge on any atom is 0.264 e. The smallest absolute Gasteiger partial charge is 0.264 e. The lowest BCUT2D eigenvalue weighted by atomic mass is 9.91. The summed E-state index contributed by atoms with van der Waals surface area (Å²) in [5.41, 5.74) is 6.12. The Morgan fingerprint density at radius 3 is 2.42 bits per heavy atom. The van der Waals surface area contributed by atoms with E-state index in [9.17, 15) is 4.79 Å². The predicted octanol–water partition coefficient (Wildman–Crippen LogP) is 6.01. The molecule has 0 spiro atoms. The standard InChI is InChI=1S/C23H23NOS/c1-16-8-3-4-9-18(16)19-10-5-6-11-20(19)21-12-7-14-24(21)23(25)22-17(2)13-15-26-22/h3-6,8-11,13,15,21H,7,12,14H2,1-2H3/t21-/m0/s1. The summed E-state index contributed by atoms with van der Waals surface area (Å²) < 4.78 is 0. The quantitative estimate of drug-likeness (QED) is 0.559. The highest BCUT2D eigenvalue weighted by molar-refractivity contribution is 7.12. The number of aryl methyl sites for hydroxylation is 2. The van der Waals surface area contributed by atoms with Crippen molar-refractivity contribution in [1.82, 2.24) is 4.90 Å². The monoisotopic (exact) mass is 361 g/mol. The minimum absolute atomic E-state index is 0.153. The van der Waals surface area contributed by atoms with E-state index in [2.05, 4.69) is 60.4 Å². The highest BCUT2D eigenvalue weighted by atomic mass is 32.1. The lowest BCUT2D eigenvalue weighted by Gasteiger charge is -2.27. The van der Waals surface area contributed by atoms with Crippen LogP contribution in [-0.2, 0) is 0 Å². The first-order chi connectivity index (χ1) is 12.7. The van der Waals surface area contributed by atoms with E-state index in [0.29, 0.717) is 0 Å². The number of rotatable bonds is 3. The van der Waals surface area contributed by atoms with E-state index in [1.165, 1.54) is 22.3 Å². The van der Waals surface area contributed by atoms with Crippen molar-refractivity contribution in [1.29, 1.82) is 0 Å². The Balaban J connectivity index is 1.75. The van der Waals surface area contributed by atoms with Crippen molar-refractivity contribution >= 4 is 17.2 Å². The van der Waals surface area contributed by atoms with Crippen LogP contribution in [0.25, 0.3) is 11.1 Å². The Kier molecular flexibility index (Phi) is 4.64. The van der Waals surface area contributed by atoms with Crippen molar-refractivity contribution in [2.24, 2.45) is 0 Å². The first-order valence-electron chi connectivity index (χ1n) is 9.17. The van der Waals surface area contributed by atoms with Gasteiger partial charge in [0.2, 0.25) is 0 Å². The van der Waals surface area contributed by atoms with Gasteiger partial charge in [0.05, 0.1) is 10.9 Å². The molecule has 26 heavy (non-hydrogen) atoms. The first-order valence-corrected chi connectivity index (χ1v) is 10.0. The number of hydrogen-bond donors (Lipinski definition) is 0. The van der Waals surface area contributed by atoms with E-state index in [1.807, 2.05) is 18.4 Å². The summed E-state index contributed by atoms with van der Waals surface area (Å²) in [5.74, 6) is 0.180. The largest absolute Gasteiger partial charge is 0.331 e. The van der Waals surface area contributed by atoms with Crippen LogP contribution in [0.3, 0.4) is 0 Å². The van der Waals surface area contributed by atoms with Crippen molar-refractivity contribution in [2.75, 3.05) is 6.54 Å². The minimum Gasteiger partial charge on any atom is -0.331 e. The van der Waals surface area contributed by atoms with Gasteiger partial charge < -0.3 is 4.90 Å². The topological polar surface area (TPSA) is 20.3 Å². The van der Waals surface area contributed by atoms with E-state index in [4.69, 9.17) is 0 Å². The van der Waals surface area contributed by atoms with Crippen LogP contribution in [-0.4, -0.2) is 17.4 Å². The zero-order valence-electron chi connectivity index (χ0n) is 15.2. The van der Waals surface area contributed by atoms with E-state index < -0.39 is 0 Å². The third-order valence-corrected chi connectivity index (χ3v) is 6.33. The molecular weight excluding hydrogens is 338 g/mol. The lowest BCUT2D eigenvalue weighted by molar-refractivity contribution is 0.0740. The minimum atomic E-state index is 0.153. The second-order valence-corrected chi connectivity index (χ2v) is 7.91. The average Bonchev–Trinajstić information content (AvgIpc) is 3.31. The number of nitrogens with zero attached hydrogens (tertiary/aromatic N) is 1. The van der Waals surface area contributed by atoms with Gasteiger partial charge in [0.15, 0.2) is 0 Å². The van der Waals surface area contributed by atoms with Crippen LogP contribution in [0, 0.1) is 13.8 Å². The third-order valence-electron chi connectivity index (χ3n) is 5.33. The van der Waals surface area contributed by atoms with Crippen LogP contribution >= 0.6 is 11.3 Å². The van der Waals surface area contributed by atoms with Gasteiger partial charge in [-0.15, -0.1) is 11.3 Å². The number of likely N-dealkylation sites (tertiary alicyclic amines) is 1. The predicted molar refractivity (Wildman–Crippen MR) is 109 cm³/mol. The molecule has 4 rings (SSSR count). The molecule has 1 atom stereocenters. The van der Waals surface area contributed by atoms with Gasteiger partial charge in [-0.3, -0.25) is 4.79 Å². The van der Waals surface area contributed by atoms with Crippen molar-refractivity contribution < 1.29 is 4.79 Å². The van der Waals surface area contributed by atoms with E-state index in [0.717, 1.165) is 29.8 Å². The molecule has 1 saturated heterocycles. The summed E-state index contributed by atoms with van der Waals surface area (Å²) in [6, 6.07) is 19.2. The number of carbonyl (C=O) groups excluding carboxylic acids is 1. The fourth-order valence-corrected chi connectivity index (χ4v) is 4.84. The molecule has 2 heterocycles. The maximum atomic E-state index is 13.2. The Bertz CT molecular complexity index is 943. The van der Waals surface area contributed by atoms with Crippen LogP contribution in [0.1, 0.15) is 45.2 Å². The molecule has 132 valence electrons. The molecule has 0 aliphatic carbocycles. The highest BCUT2D eigenvalue weighted by Crippen LogP contribution is 2.39. The summed E-state index contributed by atoms with van der Waals surface area (Å²) in [7, 11) is 0.